The zero-order valence-electron chi connectivity index (χ0n) is 7.95. The SMILES string of the molecule is CC(=O)NCCc1ccc(O)c(S)c1. The quantitative estimate of drug-likeness (QED) is 0.661. The molecule has 0 atom stereocenters. The lowest BCUT2D eigenvalue weighted by Gasteiger charge is -2.04. The molecule has 14 heavy (non-hydrogen) atoms. The van der Waals surface area contributed by atoms with Gasteiger partial charge in [-0.1, -0.05) is 6.07 Å². The van der Waals surface area contributed by atoms with Gasteiger partial charge in [0.2, 0.25) is 5.91 Å². The van der Waals surface area contributed by atoms with E-state index in [1.165, 1.54) is 6.92 Å². The van der Waals surface area contributed by atoms with Crippen molar-refractivity contribution < 1.29 is 9.90 Å². The minimum Gasteiger partial charge on any atom is -0.507 e. The lowest BCUT2D eigenvalue weighted by molar-refractivity contribution is -0.118. The van der Waals surface area contributed by atoms with E-state index in [1.807, 2.05) is 6.07 Å². The molecule has 76 valence electrons. The van der Waals surface area contributed by atoms with E-state index in [0.29, 0.717) is 11.4 Å². The summed E-state index contributed by atoms with van der Waals surface area (Å²) in [6.45, 7) is 2.09. The van der Waals surface area contributed by atoms with E-state index in [4.69, 9.17) is 0 Å². The molecule has 2 N–H and O–H groups in total. The number of phenolic OH excluding ortho intramolecular Hbond substituents is 1. The van der Waals surface area contributed by atoms with Crippen molar-refractivity contribution in [1.82, 2.24) is 5.32 Å². The van der Waals surface area contributed by atoms with Crippen molar-refractivity contribution in [2.75, 3.05) is 6.54 Å². The molecule has 1 rings (SSSR count). The lowest BCUT2D eigenvalue weighted by atomic mass is 10.1. The Balaban J connectivity index is 2.51. The molecule has 0 radical (unpaired) electrons. The summed E-state index contributed by atoms with van der Waals surface area (Å²) >= 11 is 4.09. The zero-order valence-corrected chi connectivity index (χ0v) is 8.84. The van der Waals surface area contributed by atoms with E-state index < -0.39 is 0 Å². The molecule has 0 saturated heterocycles. The fourth-order valence-electron chi connectivity index (χ4n) is 1.11. The molecule has 0 fully saturated rings. The smallest absolute Gasteiger partial charge is 0.216 e. The van der Waals surface area contributed by atoms with Crippen LogP contribution in [0.3, 0.4) is 0 Å². The van der Waals surface area contributed by atoms with Crippen LogP contribution in [-0.4, -0.2) is 17.6 Å². The van der Waals surface area contributed by atoms with Gasteiger partial charge in [-0.3, -0.25) is 4.79 Å². The molecule has 0 heterocycles. The maximum Gasteiger partial charge on any atom is 0.216 e. The van der Waals surface area contributed by atoms with Crippen molar-refractivity contribution >= 4 is 18.5 Å². The van der Waals surface area contributed by atoms with Crippen LogP contribution in [0.4, 0.5) is 0 Å². The summed E-state index contributed by atoms with van der Waals surface area (Å²) in [6.07, 6.45) is 0.743. The zero-order chi connectivity index (χ0) is 10.6. The highest BCUT2D eigenvalue weighted by Crippen LogP contribution is 2.21. The number of amides is 1. The molecular weight excluding hydrogens is 198 g/mol. The predicted molar refractivity (Wildman–Crippen MR) is 57.7 cm³/mol. The standard InChI is InChI=1S/C10H13NO2S/c1-7(12)11-5-4-8-2-3-9(13)10(14)6-8/h2-3,6,13-14H,4-5H2,1H3,(H,11,12). The molecule has 0 spiro atoms. The van der Waals surface area contributed by atoms with Gasteiger partial charge in [0.05, 0.1) is 0 Å². The number of carbonyl (C=O) groups is 1. The third-order valence-electron chi connectivity index (χ3n) is 1.83. The van der Waals surface area contributed by atoms with Crippen molar-refractivity contribution in [3.8, 4) is 5.75 Å². The van der Waals surface area contributed by atoms with Crippen LogP contribution in [0, 0.1) is 0 Å². The maximum absolute atomic E-state index is 10.6. The van der Waals surface area contributed by atoms with Gasteiger partial charge < -0.3 is 10.4 Å². The third kappa shape index (κ3) is 3.30. The second kappa shape index (κ2) is 4.91. The van der Waals surface area contributed by atoms with E-state index in [-0.39, 0.29) is 11.7 Å². The molecule has 1 aromatic rings. The molecule has 0 aliphatic rings. The Bertz CT molecular complexity index is 339. The third-order valence-corrected chi connectivity index (χ3v) is 2.19. The number of rotatable bonds is 3. The molecule has 0 saturated carbocycles. The first kappa shape index (κ1) is 10.9. The number of nitrogens with one attached hydrogen (secondary N) is 1. The van der Waals surface area contributed by atoms with Gasteiger partial charge in [-0.15, -0.1) is 12.6 Å². The molecule has 0 aliphatic heterocycles. The number of hydrogen-bond acceptors (Lipinski definition) is 3. The van der Waals surface area contributed by atoms with Crippen molar-refractivity contribution in [2.24, 2.45) is 0 Å². The van der Waals surface area contributed by atoms with E-state index in [2.05, 4.69) is 17.9 Å². The summed E-state index contributed by atoms with van der Waals surface area (Å²) in [5.74, 6) is 0.145. The first-order chi connectivity index (χ1) is 6.59. The lowest BCUT2D eigenvalue weighted by Crippen LogP contribution is -2.22. The second-order valence-electron chi connectivity index (χ2n) is 3.06. The van der Waals surface area contributed by atoms with Gasteiger partial charge in [-0.25, -0.2) is 0 Å². The van der Waals surface area contributed by atoms with Crippen LogP contribution >= 0.6 is 12.6 Å². The van der Waals surface area contributed by atoms with Gasteiger partial charge >= 0.3 is 0 Å². The highest BCUT2D eigenvalue weighted by Gasteiger charge is 1.99. The highest BCUT2D eigenvalue weighted by atomic mass is 32.1. The maximum atomic E-state index is 10.6. The summed E-state index contributed by atoms with van der Waals surface area (Å²) in [5.41, 5.74) is 1.04. The Labute approximate surface area is 88.6 Å². The molecule has 0 unspecified atom stereocenters. The Kier molecular flexibility index (Phi) is 3.83. The van der Waals surface area contributed by atoms with Crippen molar-refractivity contribution in [3.63, 3.8) is 0 Å². The van der Waals surface area contributed by atoms with Crippen molar-refractivity contribution in [1.29, 1.82) is 0 Å². The molecule has 0 aromatic heterocycles. The van der Waals surface area contributed by atoms with Crippen LogP contribution in [0.5, 0.6) is 5.75 Å². The molecule has 0 aliphatic carbocycles. The average Bonchev–Trinajstić information content (AvgIpc) is 2.10. The largest absolute Gasteiger partial charge is 0.507 e. The van der Waals surface area contributed by atoms with E-state index in [1.54, 1.807) is 12.1 Å². The van der Waals surface area contributed by atoms with Gasteiger partial charge in [0.15, 0.2) is 0 Å². The Hall–Kier alpha value is -1.16. The van der Waals surface area contributed by atoms with Gasteiger partial charge in [-0.05, 0) is 24.1 Å². The summed E-state index contributed by atoms with van der Waals surface area (Å²) in [4.78, 5) is 11.1. The molecule has 3 nitrogen and oxygen atoms in total. The monoisotopic (exact) mass is 211 g/mol. The van der Waals surface area contributed by atoms with Crippen LogP contribution in [0.25, 0.3) is 0 Å². The number of aromatic hydroxyl groups is 1. The average molecular weight is 211 g/mol. The summed E-state index contributed by atoms with van der Waals surface area (Å²) in [5, 5.41) is 11.9. The van der Waals surface area contributed by atoms with Crippen LogP contribution in [0.1, 0.15) is 12.5 Å². The Morgan fingerprint density at radius 1 is 1.57 bits per heavy atom. The predicted octanol–water partition coefficient (Wildman–Crippen LogP) is 1.36. The van der Waals surface area contributed by atoms with E-state index in [0.717, 1.165) is 12.0 Å². The molecule has 1 amide bonds. The van der Waals surface area contributed by atoms with Gasteiger partial charge in [0.1, 0.15) is 5.75 Å². The number of benzene rings is 1. The molecular formula is C10H13NO2S. The highest BCUT2D eigenvalue weighted by molar-refractivity contribution is 7.80. The van der Waals surface area contributed by atoms with Crippen molar-refractivity contribution in [2.45, 2.75) is 18.2 Å². The molecule has 4 heteroatoms. The van der Waals surface area contributed by atoms with E-state index >= 15 is 0 Å². The molecule has 1 aromatic carbocycles. The van der Waals surface area contributed by atoms with Gasteiger partial charge in [0.25, 0.3) is 0 Å². The minimum atomic E-state index is -0.0325. The first-order valence-corrected chi connectivity index (χ1v) is 4.79. The van der Waals surface area contributed by atoms with Crippen molar-refractivity contribution in [3.05, 3.63) is 23.8 Å². The number of carbonyl (C=O) groups excluding carboxylic acids is 1. The number of thiol groups is 1. The van der Waals surface area contributed by atoms with Crippen LogP contribution in [0.2, 0.25) is 0 Å². The van der Waals surface area contributed by atoms with Crippen LogP contribution < -0.4 is 5.32 Å². The molecule has 0 bridgehead atoms. The normalized spacial score (nSPS) is 9.86. The minimum absolute atomic E-state index is 0.0325. The summed E-state index contributed by atoms with van der Waals surface area (Å²) < 4.78 is 0. The van der Waals surface area contributed by atoms with Gasteiger partial charge in [-0.2, -0.15) is 0 Å². The number of phenols is 1. The van der Waals surface area contributed by atoms with E-state index in [9.17, 15) is 9.90 Å². The fraction of sp³-hybridized carbons (Fsp3) is 0.300. The second-order valence-corrected chi connectivity index (χ2v) is 3.54. The first-order valence-electron chi connectivity index (χ1n) is 4.35. The van der Waals surface area contributed by atoms with Gasteiger partial charge in [0, 0.05) is 18.4 Å². The van der Waals surface area contributed by atoms with Crippen LogP contribution in [-0.2, 0) is 11.2 Å². The topological polar surface area (TPSA) is 49.3 Å². The Morgan fingerprint density at radius 3 is 2.86 bits per heavy atom. The summed E-state index contributed by atoms with van der Waals surface area (Å²) in [7, 11) is 0. The Morgan fingerprint density at radius 2 is 2.29 bits per heavy atom. The fourth-order valence-corrected chi connectivity index (χ4v) is 1.35. The number of hydrogen-bond donors (Lipinski definition) is 3. The summed E-state index contributed by atoms with van der Waals surface area (Å²) in [6, 6.07) is 5.21. The van der Waals surface area contributed by atoms with Crippen LogP contribution in [0.15, 0.2) is 23.1 Å².